The van der Waals surface area contributed by atoms with Gasteiger partial charge in [0.2, 0.25) is 0 Å². The molecule has 0 amide bonds. The van der Waals surface area contributed by atoms with Crippen molar-refractivity contribution in [1.82, 2.24) is 19.9 Å². The van der Waals surface area contributed by atoms with Gasteiger partial charge in [-0.3, -0.25) is 4.98 Å². The van der Waals surface area contributed by atoms with Crippen molar-refractivity contribution >= 4 is 41.5 Å². The van der Waals surface area contributed by atoms with E-state index in [0.717, 1.165) is 39.4 Å². The average Bonchev–Trinajstić information content (AvgIpc) is 3.74. The molecule has 1 atom stereocenters. The standard InChI is InChI=1S/C53H41N4S/c1-58-45-22-8-7-16-41(45)48-46(58)24-23-43-49(48)47-38(17-9-20-42(47)53(43)34-27-31-26-32(29-34)30-35(53)28-31)36-14-5-6-15-39(36)51-55-50(33-12-3-2-4-13-33)56-52(57-51)40-18-10-21-44-37(40)19-11-25-54-44/h2-25,31-32,34-35H,26-30H2,1H3/q+1. The summed E-state index contributed by atoms with van der Waals surface area (Å²) in [6.07, 6.45) is 11.2. The highest BCUT2D eigenvalue weighted by atomic mass is 32.2. The lowest BCUT2D eigenvalue weighted by Crippen LogP contribution is -2.55. The lowest BCUT2D eigenvalue weighted by atomic mass is 9.43. The maximum atomic E-state index is 5.37. The van der Waals surface area contributed by atoms with Crippen molar-refractivity contribution in [2.24, 2.45) is 29.9 Å². The maximum absolute atomic E-state index is 5.37. The molecule has 9 aromatic rings. The van der Waals surface area contributed by atoms with Gasteiger partial charge in [-0.25, -0.2) is 15.0 Å². The van der Waals surface area contributed by atoms with Crippen LogP contribution in [0.5, 0.6) is 0 Å². The Labute approximate surface area is 340 Å². The Balaban J connectivity index is 1.10. The van der Waals surface area contributed by atoms with Crippen molar-refractivity contribution in [2.75, 3.05) is 0 Å². The molecule has 14 rings (SSSR count). The molecule has 5 heteroatoms. The summed E-state index contributed by atoms with van der Waals surface area (Å²) in [7, 11) is 0.0189. The van der Waals surface area contributed by atoms with Crippen LogP contribution in [-0.2, 0) is 11.7 Å². The number of hydrogen-bond acceptors (Lipinski definition) is 4. The maximum Gasteiger partial charge on any atom is 0.182 e. The highest BCUT2D eigenvalue weighted by Crippen LogP contribution is 2.71. The molecule has 278 valence electrons. The first-order valence-corrected chi connectivity index (χ1v) is 22.6. The molecule has 5 aliphatic rings. The quantitative estimate of drug-likeness (QED) is 0.167. The molecule has 1 unspecified atom stereocenters. The number of pyridine rings is 1. The Morgan fingerprint density at radius 2 is 1.12 bits per heavy atom. The topological polar surface area (TPSA) is 51.6 Å². The number of benzene rings is 6. The van der Waals surface area contributed by atoms with Crippen molar-refractivity contribution in [3.63, 3.8) is 0 Å². The molecule has 58 heavy (non-hydrogen) atoms. The van der Waals surface area contributed by atoms with Gasteiger partial charge in [-0.15, -0.1) is 0 Å². The lowest BCUT2D eigenvalue weighted by Gasteiger charge is -2.61. The summed E-state index contributed by atoms with van der Waals surface area (Å²) in [4.78, 5) is 20.5. The van der Waals surface area contributed by atoms with Crippen LogP contribution in [0.3, 0.4) is 0 Å². The third-order valence-corrected chi connectivity index (χ3v) is 16.6. The van der Waals surface area contributed by atoms with Crippen LogP contribution >= 0.6 is 10.5 Å². The third kappa shape index (κ3) is 4.45. The van der Waals surface area contributed by atoms with E-state index in [1.54, 1.807) is 11.1 Å². The summed E-state index contributed by atoms with van der Waals surface area (Å²) in [5, 5.41) is 3.93. The highest BCUT2D eigenvalue weighted by Gasteiger charge is 2.62. The predicted octanol–water partition coefficient (Wildman–Crippen LogP) is 13.4. The summed E-state index contributed by atoms with van der Waals surface area (Å²) in [5.74, 6) is 5.12. The molecule has 0 radical (unpaired) electrons. The van der Waals surface area contributed by atoms with Gasteiger partial charge in [-0.2, -0.15) is 0 Å². The molecule has 4 saturated carbocycles. The summed E-state index contributed by atoms with van der Waals surface area (Å²) >= 11 is 0. The summed E-state index contributed by atoms with van der Waals surface area (Å²) in [6, 6.07) is 51.1. The van der Waals surface area contributed by atoms with E-state index < -0.39 is 0 Å². The van der Waals surface area contributed by atoms with Crippen LogP contribution in [0.25, 0.3) is 87.5 Å². The van der Waals surface area contributed by atoms with Gasteiger partial charge in [0.1, 0.15) is 6.26 Å². The zero-order valence-electron chi connectivity index (χ0n) is 32.4. The van der Waals surface area contributed by atoms with Gasteiger partial charge in [0.25, 0.3) is 0 Å². The van der Waals surface area contributed by atoms with Crippen LogP contribution in [0.1, 0.15) is 43.2 Å². The average molecular weight is 766 g/mol. The van der Waals surface area contributed by atoms with Crippen molar-refractivity contribution in [2.45, 2.75) is 37.5 Å². The van der Waals surface area contributed by atoms with Crippen molar-refractivity contribution in [1.29, 1.82) is 0 Å². The molecule has 1 spiro atoms. The van der Waals surface area contributed by atoms with Crippen LogP contribution in [0.2, 0.25) is 0 Å². The first-order valence-electron chi connectivity index (χ1n) is 21.0. The van der Waals surface area contributed by atoms with E-state index in [4.69, 9.17) is 15.0 Å². The van der Waals surface area contributed by atoms with Crippen molar-refractivity contribution < 1.29 is 0 Å². The molecule has 4 fully saturated rings. The summed E-state index contributed by atoms with van der Waals surface area (Å²) in [6.45, 7) is 0. The van der Waals surface area contributed by atoms with E-state index in [2.05, 4.69) is 133 Å². The summed E-state index contributed by atoms with van der Waals surface area (Å²) < 4.78 is 2.97. The third-order valence-electron chi connectivity index (χ3n) is 14.6. The molecule has 3 heterocycles. The normalized spacial score (nSPS) is 22.9. The molecule has 0 aliphatic heterocycles. The Hall–Kier alpha value is -6.04. The number of aromatic nitrogens is 4. The Bertz CT molecular complexity index is 3130. The molecular formula is C53H41N4S+. The second kappa shape index (κ2) is 12.2. The molecule has 4 bridgehead atoms. The van der Waals surface area contributed by atoms with E-state index in [0.29, 0.717) is 29.3 Å². The minimum Gasteiger partial charge on any atom is -0.256 e. The molecular weight excluding hydrogens is 725 g/mol. The molecule has 6 aromatic carbocycles. The van der Waals surface area contributed by atoms with Gasteiger partial charge in [0.05, 0.1) is 10.9 Å². The van der Waals surface area contributed by atoms with Gasteiger partial charge >= 0.3 is 0 Å². The smallest absolute Gasteiger partial charge is 0.182 e. The number of thiophene rings is 1. The van der Waals surface area contributed by atoms with Crippen molar-refractivity contribution in [3.05, 3.63) is 157 Å². The number of aryl methyl sites for hydroxylation is 1. The van der Waals surface area contributed by atoms with Gasteiger partial charge < -0.3 is 0 Å². The fourth-order valence-corrected chi connectivity index (χ4v) is 14.5. The first kappa shape index (κ1) is 33.0. The van der Waals surface area contributed by atoms with Gasteiger partial charge in [-0.05, 0) is 124 Å². The Morgan fingerprint density at radius 3 is 1.95 bits per heavy atom. The number of rotatable bonds is 4. The van der Waals surface area contributed by atoms with Crippen LogP contribution in [0, 0.1) is 23.7 Å². The fraction of sp³-hybridized carbons (Fsp3) is 0.208. The zero-order chi connectivity index (χ0) is 38.1. The van der Waals surface area contributed by atoms with Crippen molar-refractivity contribution in [3.8, 4) is 56.4 Å². The summed E-state index contributed by atoms with van der Waals surface area (Å²) in [5.41, 5.74) is 12.5. The lowest BCUT2D eigenvalue weighted by molar-refractivity contribution is -0.0399. The van der Waals surface area contributed by atoms with E-state index in [1.807, 2.05) is 24.4 Å². The highest BCUT2D eigenvalue weighted by molar-refractivity contribution is 7.41. The monoisotopic (exact) mass is 765 g/mol. The van der Waals surface area contributed by atoms with E-state index in [9.17, 15) is 0 Å². The number of hydrogen-bond donors (Lipinski definition) is 0. The Morgan fingerprint density at radius 1 is 0.483 bits per heavy atom. The SMILES string of the molecule is C[s+]1c2ccccc2c2c3c(ccc21)C1(c2cccc(-c4ccccc4-c4nc(-c5ccccc5)nc(-c5cccc6ncccc56)n4)c2-3)C2CC3CC(C2)CC1C3. The Kier molecular flexibility index (Phi) is 6.96. The van der Waals surface area contributed by atoms with E-state index >= 15 is 0 Å². The zero-order valence-corrected chi connectivity index (χ0v) is 33.2. The predicted molar refractivity (Wildman–Crippen MR) is 239 cm³/mol. The van der Waals surface area contributed by atoms with Crippen LogP contribution in [-0.4, -0.2) is 19.9 Å². The minimum atomic E-state index is 0.0189. The second-order valence-corrected chi connectivity index (χ2v) is 19.3. The molecule has 0 saturated heterocycles. The van der Waals surface area contributed by atoms with E-state index in [-0.39, 0.29) is 15.9 Å². The number of nitrogens with zero attached hydrogens (tertiary/aromatic N) is 4. The van der Waals surface area contributed by atoms with E-state index in [1.165, 1.54) is 74.5 Å². The minimum absolute atomic E-state index is 0.0189. The van der Waals surface area contributed by atoms with Crippen LogP contribution < -0.4 is 0 Å². The molecule has 5 aliphatic carbocycles. The molecule has 3 aromatic heterocycles. The number of fused-ring (bicyclic) bond motifs is 8. The van der Waals surface area contributed by atoms with Crippen LogP contribution in [0.4, 0.5) is 0 Å². The second-order valence-electron chi connectivity index (χ2n) is 17.4. The van der Waals surface area contributed by atoms with Crippen LogP contribution in [0.15, 0.2) is 146 Å². The van der Waals surface area contributed by atoms with Gasteiger partial charge in [-0.1, -0.05) is 109 Å². The van der Waals surface area contributed by atoms with Gasteiger partial charge in [0.15, 0.2) is 26.9 Å². The molecule has 4 nitrogen and oxygen atoms in total. The fourth-order valence-electron chi connectivity index (χ4n) is 12.7. The molecule has 0 N–H and O–H groups in total. The first-order chi connectivity index (χ1) is 28.6. The van der Waals surface area contributed by atoms with Gasteiger partial charge in [0, 0.05) is 44.6 Å². The largest absolute Gasteiger partial charge is 0.256 e.